The molecule has 1 aromatic rings. The standard InChI is InChI=1S/C12H15N5O4/c1-15-3-2-4-16(7-11(15)18)12(19)8-5-10(13)14-6-9(8)17(20)21/h5-6H,2-4,7H2,1H3,(H2,13,14). The lowest BCUT2D eigenvalue weighted by atomic mass is 10.2. The Hall–Kier alpha value is -2.71. The summed E-state index contributed by atoms with van der Waals surface area (Å²) in [7, 11) is 1.66. The quantitative estimate of drug-likeness (QED) is 0.599. The van der Waals surface area contributed by atoms with Gasteiger partial charge in [-0.05, 0) is 12.5 Å². The highest BCUT2D eigenvalue weighted by Gasteiger charge is 2.29. The highest BCUT2D eigenvalue weighted by atomic mass is 16.6. The molecule has 21 heavy (non-hydrogen) atoms. The third-order valence-corrected chi connectivity index (χ3v) is 3.29. The van der Waals surface area contributed by atoms with Gasteiger partial charge < -0.3 is 15.5 Å². The monoisotopic (exact) mass is 293 g/mol. The zero-order valence-electron chi connectivity index (χ0n) is 11.5. The molecule has 0 bridgehead atoms. The molecule has 1 aliphatic heterocycles. The van der Waals surface area contributed by atoms with Gasteiger partial charge in [0.05, 0.1) is 4.92 Å². The number of carbonyl (C=O) groups is 2. The van der Waals surface area contributed by atoms with Gasteiger partial charge in [-0.15, -0.1) is 0 Å². The van der Waals surface area contributed by atoms with Crippen LogP contribution in [0.3, 0.4) is 0 Å². The molecule has 0 aliphatic carbocycles. The van der Waals surface area contributed by atoms with Crippen LogP contribution < -0.4 is 5.73 Å². The largest absolute Gasteiger partial charge is 0.384 e. The van der Waals surface area contributed by atoms with Gasteiger partial charge in [0.15, 0.2) is 0 Å². The van der Waals surface area contributed by atoms with E-state index in [0.717, 1.165) is 6.20 Å². The molecule has 2 amide bonds. The van der Waals surface area contributed by atoms with Crippen LogP contribution in [0.2, 0.25) is 0 Å². The summed E-state index contributed by atoms with van der Waals surface area (Å²) >= 11 is 0. The number of carbonyl (C=O) groups excluding carboxylic acids is 2. The summed E-state index contributed by atoms with van der Waals surface area (Å²) in [6, 6.07) is 1.17. The molecule has 0 saturated carbocycles. The second kappa shape index (κ2) is 5.73. The summed E-state index contributed by atoms with van der Waals surface area (Å²) in [6.07, 6.45) is 1.57. The smallest absolute Gasteiger partial charge is 0.300 e. The van der Waals surface area contributed by atoms with Crippen molar-refractivity contribution in [1.82, 2.24) is 14.8 Å². The van der Waals surface area contributed by atoms with Gasteiger partial charge in [0.2, 0.25) is 5.91 Å². The fraction of sp³-hybridized carbons (Fsp3) is 0.417. The highest BCUT2D eigenvalue weighted by Crippen LogP contribution is 2.21. The molecule has 9 nitrogen and oxygen atoms in total. The Kier molecular flexibility index (Phi) is 4.01. The van der Waals surface area contributed by atoms with Crippen LogP contribution in [0.15, 0.2) is 12.3 Å². The number of likely N-dealkylation sites (N-methyl/N-ethyl adjacent to an activating group) is 1. The van der Waals surface area contributed by atoms with Gasteiger partial charge in [-0.25, -0.2) is 4.98 Å². The summed E-state index contributed by atoms with van der Waals surface area (Å²) in [5, 5.41) is 11.0. The third kappa shape index (κ3) is 3.07. The van der Waals surface area contributed by atoms with Crippen LogP contribution in [0.4, 0.5) is 11.5 Å². The first kappa shape index (κ1) is 14.7. The van der Waals surface area contributed by atoms with Gasteiger partial charge in [-0.1, -0.05) is 0 Å². The Morgan fingerprint density at radius 3 is 2.86 bits per heavy atom. The minimum atomic E-state index is -0.689. The Morgan fingerprint density at radius 1 is 1.48 bits per heavy atom. The van der Waals surface area contributed by atoms with Gasteiger partial charge in [0.25, 0.3) is 11.6 Å². The van der Waals surface area contributed by atoms with Crippen LogP contribution in [-0.2, 0) is 4.79 Å². The fourth-order valence-corrected chi connectivity index (χ4v) is 2.11. The molecule has 1 saturated heterocycles. The van der Waals surface area contributed by atoms with Crippen molar-refractivity contribution in [2.45, 2.75) is 6.42 Å². The number of aromatic nitrogens is 1. The molecule has 1 aliphatic rings. The normalized spacial score (nSPS) is 15.8. The first-order valence-electron chi connectivity index (χ1n) is 6.33. The summed E-state index contributed by atoms with van der Waals surface area (Å²) in [5.41, 5.74) is 4.93. The first-order chi connectivity index (χ1) is 9.90. The van der Waals surface area contributed by atoms with Gasteiger partial charge >= 0.3 is 0 Å². The van der Waals surface area contributed by atoms with Crippen LogP contribution in [0, 0.1) is 10.1 Å². The number of nitrogens with zero attached hydrogens (tertiary/aromatic N) is 4. The van der Waals surface area contributed by atoms with Crippen molar-refractivity contribution < 1.29 is 14.5 Å². The molecular formula is C12H15N5O4. The predicted octanol–water partition coefficient (Wildman–Crippen LogP) is -0.124. The molecule has 9 heteroatoms. The van der Waals surface area contributed by atoms with E-state index in [9.17, 15) is 19.7 Å². The minimum Gasteiger partial charge on any atom is -0.384 e. The van der Waals surface area contributed by atoms with E-state index in [0.29, 0.717) is 19.5 Å². The molecule has 112 valence electrons. The zero-order valence-corrected chi connectivity index (χ0v) is 11.5. The van der Waals surface area contributed by atoms with Gasteiger partial charge in [-0.3, -0.25) is 19.7 Å². The summed E-state index contributed by atoms with van der Waals surface area (Å²) in [6.45, 7) is 0.798. The molecule has 2 rings (SSSR count). The van der Waals surface area contributed by atoms with E-state index < -0.39 is 16.5 Å². The molecule has 0 aromatic carbocycles. The van der Waals surface area contributed by atoms with E-state index in [1.54, 1.807) is 7.05 Å². The second-order valence-electron chi connectivity index (χ2n) is 4.78. The Morgan fingerprint density at radius 2 is 2.19 bits per heavy atom. The number of anilines is 1. The molecule has 0 atom stereocenters. The number of nitrogen functional groups attached to an aromatic ring is 1. The summed E-state index contributed by atoms with van der Waals surface area (Å²) in [5.74, 6) is -0.771. The predicted molar refractivity (Wildman–Crippen MR) is 73.5 cm³/mol. The number of hydrogen-bond donors (Lipinski definition) is 1. The number of hydrogen-bond acceptors (Lipinski definition) is 6. The van der Waals surface area contributed by atoms with E-state index >= 15 is 0 Å². The van der Waals surface area contributed by atoms with Crippen molar-refractivity contribution in [2.75, 3.05) is 32.4 Å². The van der Waals surface area contributed by atoms with Gasteiger partial charge in [-0.2, -0.15) is 0 Å². The Labute approximate surface area is 120 Å². The van der Waals surface area contributed by atoms with Crippen molar-refractivity contribution in [2.24, 2.45) is 0 Å². The van der Waals surface area contributed by atoms with Crippen LogP contribution in [0.1, 0.15) is 16.8 Å². The lowest BCUT2D eigenvalue weighted by Crippen LogP contribution is -2.38. The van der Waals surface area contributed by atoms with E-state index in [4.69, 9.17) is 5.73 Å². The van der Waals surface area contributed by atoms with Crippen molar-refractivity contribution >= 4 is 23.3 Å². The average Bonchev–Trinajstić information content (AvgIpc) is 2.60. The van der Waals surface area contributed by atoms with Crippen molar-refractivity contribution in [3.8, 4) is 0 Å². The number of nitrogens with two attached hydrogens (primary N) is 1. The number of rotatable bonds is 2. The minimum absolute atomic E-state index is 0.0159. The summed E-state index contributed by atoms with van der Waals surface area (Å²) < 4.78 is 0. The molecule has 2 N–H and O–H groups in total. The number of amides is 2. The van der Waals surface area contributed by atoms with Crippen LogP contribution >= 0.6 is 0 Å². The maximum Gasteiger partial charge on any atom is 0.300 e. The second-order valence-corrected chi connectivity index (χ2v) is 4.78. The molecule has 1 aromatic heterocycles. The van der Waals surface area contributed by atoms with E-state index in [1.807, 2.05) is 0 Å². The molecule has 0 radical (unpaired) electrons. The topological polar surface area (TPSA) is 123 Å². The van der Waals surface area contributed by atoms with Gasteiger partial charge in [0.1, 0.15) is 24.1 Å². The maximum atomic E-state index is 12.4. The number of nitro groups is 1. The van der Waals surface area contributed by atoms with Crippen molar-refractivity contribution in [3.63, 3.8) is 0 Å². The molecule has 0 unspecified atom stereocenters. The SMILES string of the molecule is CN1CCCN(C(=O)c2cc(N)ncc2[N+](=O)[O-])CC1=O. The van der Waals surface area contributed by atoms with E-state index in [1.165, 1.54) is 15.9 Å². The Bertz CT molecular complexity index is 603. The van der Waals surface area contributed by atoms with Crippen LogP contribution in [-0.4, -0.2) is 58.2 Å². The molecule has 1 fully saturated rings. The Balaban J connectivity index is 2.33. The van der Waals surface area contributed by atoms with Crippen LogP contribution in [0.25, 0.3) is 0 Å². The summed E-state index contributed by atoms with van der Waals surface area (Å²) in [4.78, 5) is 41.0. The lowest BCUT2D eigenvalue weighted by Gasteiger charge is -2.19. The molecule has 0 spiro atoms. The average molecular weight is 293 g/mol. The first-order valence-corrected chi connectivity index (χ1v) is 6.33. The highest BCUT2D eigenvalue weighted by molar-refractivity contribution is 6.00. The maximum absolute atomic E-state index is 12.4. The zero-order chi connectivity index (χ0) is 15.6. The molecular weight excluding hydrogens is 278 g/mol. The lowest BCUT2D eigenvalue weighted by molar-refractivity contribution is -0.385. The third-order valence-electron chi connectivity index (χ3n) is 3.29. The number of pyridine rings is 1. The van der Waals surface area contributed by atoms with Gasteiger partial charge in [0, 0.05) is 20.1 Å². The van der Waals surface area contributed by atoms with Crippen LogP contribution in [0.5, 0.6) is 0 Å². The van der Waals surface area contributed by atoms with E-state index in [-0.39, 0.29) is 23.8 Å². The van der Waals surface area contributed by atoms with Crippen molar-refractivity contribution in [3.05, 3.63) is 27.9 Å². The van der Waals surface area contributed by atoms with Crippen molar-refractivity contribution in [1.29, 1.82) is 0 Å². The molecule has 2 heterocycles. The fourth-order valence-electron chi connectivity index (χ4n) is 2.11. The van der Waals surface area contributed by atoms with E-state index in [2.05, 4.69) is 4.98 Å².